The molecule has 0 aromatic heterocycles. The van der Waals surface area contributed by atoms with Gasteiger partial charge in [0.2, 0.25) is 5.91 Å². The molecule has 4 rings (SSSR count). The average Bonchev–Trinajstić information content (AvgIpc) is 2.91. The Labute approximate surface area is 168 Å². The molecule has 2 aromatic rings. The number of carbonyl (C=O) groups excluding carboxylic acids is 2. The van der Waals surface area contributed by atoms with Gasteiger partial charge in [-0.15, -0.1) is 0 Å². The minimum absolute atomic E-state index is 0.0153. The first-order valence-electron chi connectivity index (χ1n) is 9.73. The third-order valence-corrected chi connectivity index (χ3v) is 5.97. The second-order valence-electron chi connectivity index (χ2n) is 7.79. The monoisotopic (exact) mass is 399 g/mol. The number of anilines is 1. The highest BCUT2D eigenvalue weighted by molar-refractivity contribution is 5.96. The van der Waals surface area contributed by atoms with Gasteiger partial charge < -0.3 is 15.1 Å². The molecule has 2 fully saturated rings. The number of hydrogen-bond donors (Lipinski definition) is 1. The van der Waals surface area contributed by atoms with E-state index in [1.165, 1.54) is 0 Å². The van der Waals surface area contributed by atoms with E-state index < -0.39 is 23.1 Å². The summed E-state index contributed by atoms with van der Waals surface area (Å²) >= 11 is 0. The Morgan fingerprint density at radius 3 is 2.34 bits per heavy atom. The van der Waals surface area contributed by atoms with Crippen molar-refractivity contribution in [3.63, 3.8) is 0 Å². The van der Waals surface area contributed by atoms with Gasteiger partial charge in [0, 0.05) is 30.4 Å². The Balaban J connectivity index is 1.59. The maximum Gasteiger partial charge on any atom is 0.254 e. The Hall–Kier alpha value is -2.96. The highest BCUT2D eigenvalue weighted by Gasteiger charge is 2.53. The van der Waals surface area contributed by atoms with Crippen LogP contribution in [0, 0.1) is 18.6 Å². The van der Waals surface area contributed by atoms with E-state index in [0.717, 1.165) is 29.4 Å². The summed E-state index contributed by atoms with van der Waals surface area (Å²) in [5.41, 5.74) is 1.31. The average molecular weight is 399 g/mol. The maximum absolute atomic E-state index is 13.5. The van der Waals surface area contributed by atoms with Gasteiger partial charge in [0.1, 0.15) is 17.2 Å². The number of piperidine rings is 1. The molecule has 152 valence electrons. The molecule has 1 N–H and O–H groups in total. The Bertz CT molecular complexity index is 950. The van der Waals surface area contributed by atoms with E-state index in [-0.39, 0.29) is 17.6 Å². The molecular formula is C22H23F2N3O2. The SMILES string of the molecule is Cc1ccccc1N1C(C)NC(=O)C12CCN(C(=O)c1cc(F)cc(F)c1)CC2. The maximum atomic E-state index is 13.5. The number of nitrogens with one attached hydrogen (secondary N) is 1. The number of carbonyl (C=O) groups is 2. The van der Waals surface area contributed by atoms with Crippen LogP contribution in [-0.4, -0.2) is 41.5 Å². The van der Waals surface area contributed by atoms with Crippen molar-refractivity contribution in [2.24, 2.45) is 0 Å². The number of hydrogen-bond acceptors (Lipinski definition) is 3. The topological polar surface area (TPSA) is 52.7 Å². The van der Waals surface area contributed by atoms with Crippen molar-refractivity contribution in [3.8, 4) is 0 Å². The highest BCUT2D eigenvalue weighted by atomic mass is 19.1. The third-order valence-electron chi connectivity index (χ3n) is 5.97. The van der Waals surface area contributed by atoms with Crippen molar-refractivity contribution >= 4 is 17.5 Å². The van der Waals surface area contributed by atoms with Crippen LogP contribution in [0.2, 0.25) is 0 Å². The molecular weight excluding hydrogens is 376 g/mol. The molecule has 2 aliphatic heterocycles. The number of halogens is 2. The van der Waals surface area contributed by atoms with Crippen molar-refractivity contribution < 1.29 is 18.4 Å². The van der Waals surface area contributed by atoms with Crippen LogP contribution in [0.15, 0.2) is 42.5 Å². The molecule has 7 heteroatoms. The van der Waals surface area contributed by atoms with E-state index in [1.807, 2.05) is 38.1 Å². The number of para-hydroxylation sites is 1. The quantitative estimate of drug-likeness (QED) is 0.844. The van der Waals surface area contributed by atoms with E-state index in [2.05, 4.69) is 10.2 Å². The van der Waals surface area contributed by atoms with Gasteiger partial charge in [0.05, 0.1) is 6.17 Å². The summed E-state index contributed by atoms with van der Waals surface area (Å²) < 4.78 is 27.0. The van der Waals surface area contributed by atoms with Gasteiger partial charge in [0.25, 0.3) is 5.91 Å². The zero-order valence-corrected chi connectivity index (χ0v) is 16.4. The van der Waals surface area contributed by atoms with Crippen molar-refractivity contribution in [2.75, 3.05) is 18.0 Å². The lowest BCUT2D eigenvalue weighted by Crippen LogP contribution is -2.58. The fraction of sp³-hybridized carbons (Fsp3) is 0.364. The molecule has 5 nitrogen and oxygen atoms in total. The van der Waals surface area contributed by atoms with Crippen molar-refractivity contribution in [1.82, 2.24) is 10.2 Å². The molecule has 1 unspecified atom stereocenters. The van der Waals surface area contributed by atoms with E-state index in [4.69, 9.17) is 0 Å². The summed E-state index contributed by atoms with van der Waals surface area (Å²) in [7, 11) is 0. The largest absolute Gasteiger partial charge is 0.338 e. The molecule has 1 atom stereocenters. The van der Waals surface area contributed by atoms with E-state index in [1.54, 1.807) is 4.90 Å². The van der Waals surface area contributed by atoms with Crippen LogP contribution in [0.3, 0.4) is 0 Å². The molecule has 0 saturated carbocycles. The first-order valence-corrected chi connectivity index (χ1v) is 9.73. The lowest BCUT2D eigenvalue weighted by Gasteiger charge is -2.45. The van der Waals surface area contributed by atoms with Crippen molar-refractivity contribution in [2.45, 2.75) is 38.4 Å². The summed E-state index contributed by atoms with van der Waals surface area (Å²) in [5.74, 6) is -2.03. The molecule has 2 aliphatic rings. The van der Waals surface area contributed by atoms with E-state index >= 15 is 0 Å². The van der Waals surface area contributed by atoms with Crippen LogP contribution in [-0.2, 0) is 4.79 Å². The van der Waals surface area contributed by atoms with Crippen LogP contribution in [0.4, 0.5) is 14.5 Å². The van der Waals surface area contributed by atoms with Crippen LogP contribution in [0.5, 0.6) is 0 Å². The minimum atomic E-state index is -0.781. The summed E-state index contributed by atoms with van der Waals surface area (Å²) in [6.07, 6.45) is 0.727. The Morgan fingerprint density at radius 1 is 1.10 bits per heavy atom. The second kappa shape index (κ2) is 7.13. The fourth-order valence-electron chi connectivity index (χ4n) is 4.55. The van der Waals surface area contributed by atoms with Crippen molar-refractivity contribution in [3.05, 3.63) is 65.2 Å². The molecule has 2 saturated heterocycles. The number of nitrogens with zero attached hydrogens (tertiary/aromatic N) is 2. The molecule has 0 aliphatic carbocycles. The van der Waals surface area contributed by atoms with Gasteiger partial charge in [-0.05, 0) is 50.5 Å². The number of benzene rings is 2. The zero-order valence-electron chi connectivity index (χ0n) is 16.4. The molecule has 0 bridgehead atoms. The van der Waals surface area contributed by atoms with Gasteiger partial charge in [-0.3, -0.25) is 9.59 Å². The minimum Gasteiger partial charge on any atom is -0.338 e. The van der Waals surface area contributed by atoms with Gasteiger partial charge in [0.15, 0.2) is 0 Å². The van der Waals surface area contributed by atoms with Crippen molar-refractivity contribution in [1.29, 1.82) is 0 Å². The molecule has 2 heterocycles. The summed E-state index contributed by atoms with van der Waals surface area (Å²) in [4.78, 5) is 29.4. The number of amides is 2. The van der Waals surface area contributed by atoms with Gasteiger partial charge in [-0.25, -0.2) is 8.78 Å². The normalized spacial score (nSPS) is 20.8. The highest BCUT2D eigenvalue weighted by Crippen LogP contribution is 2.40. The van der Waals surface area contributed by atoms with Gasteiger partial charge >= 0.3 is 0 Å². The van der Waals surface area contributed by atoms with Gasteiger partial charge in [-0.2, -0.15) is 0 Å². The lowest BCUT2D eigenvalue weighted by molar-refractivity contribution is -0.125. The number of rotatable bonds is 2. The molecule has 1 spiro atoms. The third kappa shape index (κ3) is 3.24. The summed E-state index contributed by atoms with van der Waals surface area (Å²) in [6.45, 7) is 4.63. The lowest BCUT2D eigenvalue weighted by atomic mass is 9.85. The first kappa shape index (κ1) is 19.4. The fourth-order valence-corrected chi connectivity index (χ4v) is 4.55. The van der Waals surface area contributed by atoms with Crippen LogP contribution in [0.25, 0.3) is 0 Å². The Kier molecular flexibility index (Phi) is 4.76. The van der Waals surface area contributed by atoms with Gasteiger partial charge in [-0.1, -0.05) is 18.2 Å². The number of aryl methyl sites for hydroxylation is 1. The summed E-state index contributed by atoms with van der Waals surface area (Å²) in [5, 5.41) is 3.03. The van der Waals surface area contributed by atoms with Crippen LogP contribution >= 0.6 is 0 Å². The number of likely N-dealkylation sites (tertiary alicyclic amines) is 1. The van der Waals surface area contributed by atoms with Crippen LogP contribution in [0.1, 0.15) is 35.7 Å². The van der Waals surface area contributed by atoms with Crippen LogP contribution < -0.4 is 10.2 Å². The van der Waals surface area contributed by atoms with E-state index in [0.29, 0.717) is 25.9 Å². The molecule has 0 radical (unpaired) electrons. The smallest absolute Gasteiger partial charge is 0.254 e. The second-order valence-corrected chi connectivity index (χ2v) is 7.79. The predicted octanol–water partition coefficient (Wildman–Crippen LogP) is 3.23. The molecule has 29 heavy (non-hydrogen) atoms. The first-order chi connectivity index (χ1) is 13.8. The zero-order chi connectivity index (χ0) is 20.8. The Morgan fingerprint density at radius 2 is 1.72 bits per heavy atom. The van der Waals surface area contributed by atoms with E-state index in [9.17, 15) is 18.4 Å². The molecule has 2 amide bonds. The summed E-state index contributed by atoms with van der Waals surface area (Å²) in [6, 6.07) is 10.7. The predicted molar refractivity (Wildman–Crippen MR) is 105 cm³/mol. The standard InChI is InChI=1S/C22H23F2N3O2/c1-14-5-3-4-6-19(14)27-15(2)25-21(29)22(27)7-9-26(10-8-22)20(28)16-11-17(23)13-18(24)12-16/h3-6,11-13,15H,7-10H2,1-2H3,(H,25,29). The molecule has 2 aromatic carbocycles.